The van der Waals surface area contributed by atoms with Crippen LogP contribution in [0.15, 0.2) is 23.3 Å². The van der Waals surface area contributed by atoms with Crippen LogP contribution in [0.1, 0.15) is 119 Å². The highest BCUT2D eigenvalue weighted by Gasteiger charge is 2.65. The number of carboxylic acids is 2. The van der Waals surface area contributed by atoms with Gasteiger partial charge in [0.2, 0.25) is 0 Å². The summed E-state index contributed by atoms with van der Waals surface area (Å²) in [5.74, 6) is 0.162. The van der Waals surface area contributed by atoms with Crippen molar-refractivity contribution < 1.29 is 40.2 Å². The third-order valence-electron chi connectivity index (χ3n) is 12.2. The van der Waals surface area contributed by atoms with Crippen molar-refractivity contribution in [3.05, 3.63) is 23.3 Å². The Kier molecular flexibility index (Phi) is 15.9. The molecular formula is C37H65NO8. The summed E-state index contributed by atoms with van der Waals surface area (Å²) in [6, 6.07) is 0. The minimum absolute atomic E-state index is 0.0694. The SMILES string of the molecule is CC(C)=CCC/C(C)=C/CO.C[C@H](CCC(=O)O)[C@H]1CC[C@H]2[C@@H]3[C@H](O)C[C@@H]4CC(O)CC[C@]4(C)[C@H]3C[C@H](O)[C@]12C.NCCC(=O)O. The first kappa shape index (κ1) is 40.4. The predicted octanol–water partition coefficient (Wildman–Crippen LogP) is 5.54. The Labute approximate surface area is 277 Å². The molecule has 0 bridgehead atoms. The van der Waals surface area contributed by atoms with Crippen molar-refractivity contribution in [1.82, 2.24) is 0 Å². The van der Waals surface area contributed by atoms with E-state index >= 15 is 0 Å². The second-order valence-corrected chi connectivity index (χ2v) is 15.4. The predicted molar refractivity (Wildman–Crippen MR) is 181 cm³/mol. The zero-order valence-electron chi connectivity index (χ0n) is 29.3. The van der Waals surface area contributed by atoms with Crippen molar-refractivity contribution in [2.24, 2.45) is 52.1 Å². The van der Waals surface area contributed by atoms with Crippen LogP contribution >= 0.6 is 0 Å². The summed E-state index contributed by atoms with van der Waals surface area (Å²) in [4.78, 5) is 20.6. The van der Waals surface area contributed by atoms with Gasteiger partial charge in [0.1, 0.15) is 0 Å². The molecule has 4 aliphatic rings. The van der Waals surface area contributed by atoms with Gasteiger partial charge in [-0.1, -0.05) is 44.1 Å². The number of aliphatic carboxylic acids is 2. The fourth-order valence-corrected chi connectivity index (χ4v) is 9.65. The molecule has 0 saturated heterocycles. The number of aliphatic hydroxyl groups excluding tert-OH is 4. The van der Waals surface area contributed by atoms with Gasteiger partial charge in [-0.05, 0) is 131 Å². The average Bonchev–Trinajstić information content (AvgIpc) is 3.32. The highest BCUT2D eigenvalue weighted by atomic mass is 16.4. The molecule has 4 rings (SSSR count). The van der Waals surface area contributed by atoms with Crippen LogP contribution in [0.4, 0.5) is 0 Å². The van der Waals surface area contributed by atoms with Crippen molar-refractivity contribution in [2.75, 3.05) is 13.2 Å². The molecular weight excluding hydrogens is 586 g/mol. The molecule has 1 unspecified atom stereocenters. The summed E-state index contributed by atoms with van der Waals surface area (Å²) in [5, 5.41) is 58.4. The Balaban J connectivity index is 0.000000359. The van der Waals surface area contributed by atoms with E-state index < -0.39 is 18.0 Å². The molecule has 9 nitrogen and oxygen atoms in total. The molecule has 0 spiro atoms. The molecule has 0 aromatic carbocycles. The zero-order valence-corrected chi connectivity index (χ0v) is 29.3. The second-order valence-electron chi connectivity index (χ2n) is 15.4. The van der Waals surface area contributed by atoms with Gasteiger partial charge < -0.3 is 36.4 Å². The average molecular weight is 652 g/mol. The number of allylic oxidation sites excluding steroid dienone is 3. The van der Waals surface area contributed by atoms with E-state index in [1.807, 2.05) is 6.08 Å². The van der Waals surface area contributed by atoms with Crippen LogP contribution in [-0.4, -0.2) is 74.0 Å². The first-order chi connectivity index (χ1) is 21.5. The molecule has 0 heterocycles. The number of carbonyl (C=O) groups is 2. The number of hydrogen-bond acceptors (Lipinski definition) is 7. The lowest BCUT2D eigenvalue weighted by molar-refractivity contribution is -0.207. The molecule has 46 heavy (non-hydrogen) atoms. The van der Waals surface area contributed by atoms with Crippen molar-refractivity contribution in [3.8, 4) is 0 Å². The van der Waals surface area contributed by atoms with Crippen molar-refractivity contribution in [3.63, 3.8) is 0 Å². The maximum Gasteiger partial charge on any atom is 0.304 e. The van der Waals surface area contributed by atoms with Gasteiger partial charge in [0.05, 0.1) is 31.3 Å². The number of nitrogens with two attached hydrogens (primary N) is 1. The van der Waals surface area contributed by atoms with Crippen LogP contribution in [0.25, 0.3) is 0 Å². The molecule has 0 aliphatic heterocycles. The summed E-state index contributed by atoms with van der Waals surface area (Å²) in [5.41, 5.74) is 7.34. The van der Waals surface area contributed by atoms with Crippen LogP contribution in [0.5, 0.6) is 0 Å². The third-order valence-corrected chi connectivity index (χ3v) is 12.2. The van der Waals surface area contributed by atoms with E-state index in [1.165, 1.54) is 11.1 Å². The Bertz CT molecular complexity index is 1040. The van der Waals surface area contributed by atoms with Crippen molar-refractivity contribution >= 4 is 11.9 Å². The lowest BCUT2D eigenvalue weighted by Gasteiger charge is -2.63. The second kappa shape index (κ2) is 18.1. The van der Waals surface area contributed by atoms with Gasteiger partial charge >= 0.3 is 11.9 Å². The Morgan fingerprint density at radius 1 is 0.891 bits per heavy atom. The van der Waals surface area contributed by atoms with E-state index in [2.05, 4.69) is 47.6 Å². The van der Waals surface area contributed by atoms with E-state index in [4.69, 9.17) is 21.1 Å². The van der Waals surface area contributed by atoms with Crippen LogP contribution in [-0.2, 0) is 9.59 Å². The fraction of sp³-hybridized carbons (Fsp3) is 0.838. The van der Waals surface area contributed by atoms with Crippen LogP contribution in [0.3, 0.4) is 0 Å². The molecule has 0 aromatic heterocycles. The van der Waals surface area contributed by atoms with E-state index in [9.17, 15) is 24.9 Å². The molecule has 9 heteroatoms. The van der Waals surface area contributed by atoms with E-state index in [1.54, 1.807) is 0 Å². The molecule has 0 amide bonds. The molecule has 266 valence electrons. The fourth-order valence-electron chi connectivity index (χ4n) is 9.65. The van der Waals surface area contributed by atoms with Gasteiger partial charge in [-0.2, -0.15) is 0 Å². The lowest BCUT2D eigenvalue weighted by Crippen LogP contribution is -2.62. The Morgan fingerprint density at radius 3 is 2.09 bits per heavy atom. The number of fused-ring (bicyclic) bond motifs is 5. The number of aliphatic hydroxyl groups is 4. The van der Waals surface area contributed by atoms with Crippen LogP contribution in [0, 0.1) is 46.3 Å². The number of rotatable bonds is 10. The smallest absolute Gasteiger partial charge is 0.304 e. The molecule has 8 N–H and O–H groups in total. The summed E-state index contributed by atoms with van der Waals surface area (Å²) in [6.07, 6.45) is 12.3. The van der Waals surface area contributed by atoms with E-state index in [0.29, 0.717) is 30.1 Å². The van der Waals surface area contributed by atoms with E-state index in [0.717, 1.165) is 57.8 Å². The topological polar surface area (TPSA) is 182 Å². The van der Waals surface area contributed by atoms with Crippen LogP contribution in [0.2, 0.25) is 0 Å². The maximum atomic E-state index is 11.5. The first-order valence-electron chi connectivity index (χ1n) is 17.6. The van der Waals surface area contributed by atoms with E-state index in [-0.39, 0.29) is 60.9 Å². The van der Waals surface area contributed by atoms with Gasteiger partial charge in [-0.15, -0.1) is 0 Å². The molecule has 11 atom stereocenters. The first-order valence-corrected chi connectivity index (χ1v) is 17.6. The minimum Gasteiger partial charge on any atom is -0.481 e. The zero-order chi connectivity index (χ0) is 34.8. The lowest BCUT2D eigenvalue weighted by atomic mass is 9.43. The van der Waals surface area contributed by atoms with Crippen molar-refractivity contribution in [1.29, 1.82) is 0 Å². The van der Waals surface area contributed by atoms with Gasteiger partial charge in [-0.3, -0.25) is 9.59 Å². The summed E-state index contributed by atoms with van der Waals surface area (Å²) < 4.78 is 0. The molecule has 4 saturated carbocycles. The van der Waals surface area contributed by atoms with Gasteiger partial charge in [-0.25, -0.2) is 0 Å². The Hall–Kier alpha value is -1.78. The molecule has 0 aromatic rings. The van der Waals surface area contributed by atoms with Gasteiger partial charge in [0.25, 0.3) is 0 Å². The highest BCUT2D eigenvalue weighted by molar-refractivity contribution is 5.67. The van der Waals surface area contributed by atoms with Gasteiger partial charge in [0.15, 0.2) is 0 Å². The largest absolute Gasteiger partial charge is 0.481 e. The molecule has 0 radical (unpaired) electrons. The monoisotopic (exact) mass is 651 g/mol. The van der Waals surface area contributed by atoms with Crippen LogP contribution < -0.4 is 5.73 Å². The Morgan fingerprint density at radius 2 is 1.54 bits per heavy atom. The summed E-state index contributed by atoms with van der Waals surface area (Å²) in [7, 11) is 0. The molecule has 4 aliphatic carbocycles. The van der Waals surface area contributed by atoms with Gasteiger partial charge in [0, 0.05) is 13.0 Å². The maximum absolute atomic E-state index is 11.5. The highest BCUT2D eigenvalue weighted by Crippen LogP contribution is 2.68. The quantitative estimate of drug-likeness (QED) is 0.149. The number of hydrogen-bond donors (Lipinski definition) is 7. The summed E-state index contributed by atoms with van der Waals surface area (Å²) >= 11 is 0. The molecule has 4 fully saturated rings. The third kappa shape index (κ3) is 10.1. The minimum atomic E-state index is -0.836. The normalized spacial score (nSPS) is 37.2. The van der Waals surface area contributed by atoms with Crippen molar-refractivity contribution in [2.45, 2.75) is 137 Å². The number of carboxylic acid groups (broad SMARTS) is 2. The standard InChI is InChI=1S/C24H40O5.C10H18O.C3H7NO2/c1-13(4-7-21(28)29)16-5-6-17-22-18(12-20(27)24(16,17)3)23(2)9-8-15(25)10-14(23)11-19(22)26;1-9(2)5-4-6-10(3)7-8-11;4-2-1-3(5)6/h13-20,22,25-27H,4-12H2,1-3H3,(H,28,29);5,7,11H,4,6,8H2,1-3H3;1-2,4H2,(H,5,6)/b;10-7+;/t13-,14+,15?,16-,17+,18+,19-,20+,22+,23+,24-;;/m1../s1. The summed E-state index contributed by atoms with van der Waals surface area (Å²) in [6.45, 7) is 13.4.